The number of benzene rings is 1. The van der Waals surface area contributed by atoms with Gasteiger partial charge in [0.05, 0.1) is 0 Å². The van der Waals surface area contributed by atoms with Crippen LogP contribution in [-0.2, 0) is 20.0 Å². The molecule has 2 rings (SSSR count). The minimum Gasteiger partial charge on any atom is -0.409 e. The lowest BCUT2D eigenvalue weighted by molar-refractivity contribution is 0.318. The third-order valence-corrected chi connectivity index (χ3v) is 3.02. The SMILES string of the molecule is Cn1cnnc1CCNCc1cc(F)cc(/C(N)=N/O)c1. The van der Waals surface area contributed by atoms with Gasteiger partial charge in [-0.15, -0.1) is 10.2 Å². The van der Waals surface area contributed by atoms with Gasteiger partial charge in [-0.1, -0.05) is 5.16 Å². The van der Waals surface area contributed by atoms with E-state index in [0.717, 1.165) is 17.8 Å². The number of halogens is 1. The van der Waals surface area contributed by atoms with Crippen molar-refractivity contribution in [2.45, 2.75) is 13.0 Å². The van der Waals surface area contributed by atoms with E-state index in [1.54, 1.807) is 12.4 Å². The van der Waals surface area contributed by atoms with Gasteiger partial charge in [-0.25, -0.2) is 4.39 Å². The van der Waals surface area contributed by atoms with E-state index in [1.807, 2.05) is 11.6 Å². The zero-order valence-corrected chi connectivity index (χ0v) is 11.6. The summed E-state index contributed by atoms with van der Waals surface area (Å²) in [5, 5.41) is 22.5. The average Bonchev–Trinajstić information content (AvgIpc) is 2.87. The minimum absolute atomic E-state index is 0.116. The van der Waals surface area contributed by atoms with E-state index in [1.165, 1.54) is 12.1 Å². The predicted octanol–water partition coefficient (Wildman–Crippen LogP) is 0.381. The molecule has 0 amide bonds. The van der Waals surface area contributed by atoms with Gasteiger partial charge < -0.3 is 20.8 Å². The van der Waals surface area contributed by atoms with Crippen molar-refractivity contribution >= 4 is 5.84 Å². The van der Waals surface area contributed by atoms with E-state index in [4.69, 9.17) is 10.9 Å². The molecule has 0 radical (unpaired) electrons. The zero-order chi connectivity index (χ0) is 15.2. The first-order chi connectivity index (χ1) is 10.1. The fourth-order valence-corrected chi connectivity index (χ4v) is 1.92. The lowest BCUT2D eigenvalue weighted by Gasteiger charge is -2.07. The number of nitrogens with two attached hydrogens (primary N) is 1. The first kappa shape index (κ1) is 14.9. The number of amidine groups is 1. The molecule has 8 heteroatoms. The normalized spacial score (nSPS) is 11.8. The Morgan fingerprint density at radius 3 is 2.95 bits per heavy atom. The number of aryl methyl sites for hydroxylation is 1. The number of nitrogens with one attached hydrogen (secondary N) is 1. The van der Waals surface area contributed by atoms with E-state index in [2.05, 4.69) is 20.7 Å². The van der Waals surface area contributed by atoms with Crippen molar-refractivity contribution in [1.29, 1.82) is 0 Å². The minimum atomic E-state index is -0.427. The summed E-state index contributed by atoms with van der Waals surface area (Å²) >= 11 is 0. The summed E-state index contributed by atoms with van der Waals surface area (Å²) in [5.74, 6) is 0.332. The van der Waals surface area contributed by atoms with Gasteiger partial charge in [0.2, 0.25) is 0 Å². The van der Waals surface area contributed by atoms with Crippen LogP contribution in [0.25, 0.3) is 0 Å². The molecule has 0 aliphatic rings. The second kappa shape index (κ2) is 6.80. The van der Waals surface area contributed by atoms with Crippen molar-refractivity contribution in [3.8, 4) is 0 Å². The van der Waals surface area contributed by atoms with Gasteiger partial charge in [0.1, 0.15) is 18.0 Å². The second-order valence-corrected chi connectivity index (χ2v) is 4.62. The standard InChI is InChI=1S/C13H17FN6O/c1-20-8-17-18-12(20)2-3-16-7-9-4-10(13(15)19-21)6-11(14)5-9/h4-6,8,16,21H,2-3,7H2,1H3,(H2,15,19). The summed E-state index contributed by atoms with van der Waals surface area (Å²) in [6, 6.07) is 4.30. The molecule has 0 spiro atoms. The lowest BCUT2D eigenvalue weighted by atomic mass is 10.1. The van der Waals surface area contributed by atoms with Gasteiger partial charge in [0, 0.05) is 32.1 Å². The van der Waals surface area contributed by atoms with Crippen molar-refractivity contribution in [2.24, 2.45) is 17.9 Å². The van der Waals surface area contributed by atoms with E-state index in [0.29, 0.717) is 18.7 Å². The van der Waals surface area contributed by atoms with Crippen molar-refractivity contribution in [2.75, 3.05) is 6.54 Å². The maximum atomic E-state index is 13.5. The Balaban J connectivity index is 1.91. The van der Waals surface area contributed by atoms with E-state index >= 15 is 0 Å². The molecule has 1 heterocycles. The number of nitrogens with zero attached hydrogens (tertiary/aromatic N) is 4. The molecule has 0 saturated heterocycles. The molecule has 1 aromatic carbocycles. The summed E-state index contributed by atoms with van der Waals surface area (Å²) in [5.41, 5.74) is 6.53. The van der Waals surface area contributed by atoms with Crippen LogP contribution < -0.4 is 11.1 Å². The molecule has 112 valence electrons. The zero-order valence-electron chi connectivity index (χ0n) is 11.6. The lowest BCUT2D eigenvalue weighted by Crippen LogP contribution is -2.19. The molecule has 2 aromatic rings. The Bertz CT molecular complexity index is 639. The Morgan fingerprint density at radius 1 is 1.48 bits per heavy atom. The van der Waals surface area contributed by atoms with Gasteiger partial charge in [-0.05, 0) is 23.8 Å². The van der Waals surface area contributed by atoms with E-state index in [9.17, 15) is 4.39 Å². The monoisotopic (exact) mass is 292 g/mol. The largest absolute Gasteiger partial charge is 0.409 e. The molecular weight excluding hydrogens is 275 g/mol. The fraction of sp³-hybridized carbons (Fsp3) is 0.308. The molecule has 21 heavy (non-hydrogen) atoms. The Hall–Kier alpha value is -2.48. The molecule has 0 atom stereocenters. The summed E-state index contributed by atoms with van der Waals surface area (Å²) in [4.78, 5) is 0. The number of rotatable bonds is 6. The van der Waals surface area contributed by atoms with Crippen LogP contribution in [0.2, 0.25) is 0 Å². The van der Waals surface area contributed by atoms with Crippen molar-refractivity contribution in [3.63, 3.8) is 0 Å². The van der Waals surface area contributed by atoms with Crippen LogP contribution in [0.1, 0.15) is 17.0 Å². The number of oxime groups is 1. The Morgan fingerprint density at radius 2 is 2.29 bits per heavy atom. The predicted molar refractivity (Wildman–Crippen MR) is 75.3 cm³/mol. The first-order valence-electron chi connectivity index (χ1n) is 6.41. The highest BCUT2D eigenvalue weighted by Gasteiger charge is 2.05. The van der Waals surface area contributed by atoms with Crippen LogP contribution in [0.3, 0.4) is 0 Å². The van der Waals surface area contributed by atoms with Gasteiger partial charge in [-0.2, -0.15) is 0 Å². The van der Waals surface area contributed by atoms with Crippen molar-refractivity contribution in [1.82, 2.24) is 20.1 Å². The van der Waals surface area contributed by atoms with Crippen LogP contribution in [0.5, 0.6) is 0 Å². The number of aromatic nitrogens is 3. The van der Waals surface area contributed by atoms with Crippen molar-refractivity contribution in [3.05, 3.63) is 47.3 Å². The molecule has 7 nitrogen and oxygen atoms in total. The maximum Gasteiger partial charge on any atom is 0.170 e. The molecule has 4 N–H and O–H groups in total. The first-order valence-corrected chi connectivity index (χ1v) is 6.41. The smallest absolute Gasteiger partial charge is 0.170 e. The molecule has 1 aromatic heterocycles. The van der Waals surface area contributed by atoms with Crippen molar-refractivity contribution < 1.29 is 9.60 Å². The van der Waals surface area contributed by atoms with E-state index < -0.39 is 5.82 Å². The summed E-state index contributed by atoms with van der Waals surface area (Å²) in [7, 11) is 1.88. The fourth-order valence-electron chi connectivity index (χ4n) is 1.92. The van der Waals surface area contributed by atoms with Crippen LogP contribution in [0.4, 0.5) is 4.39 Å². The Labute approximate surface area is 121 Å². The molecule has 0 aliphatic carbocycles. The molecule has 0 saturated carbocycles. The van der Waals surface area contributed by atoms with Gasteiger partial charge in [-0.3, -0.25) is 0 Å². The molecule has 0 fully saturated rings. The summed E-state index contributed by atoms with van der Waals surface area (Å²) in [6.07, 6.45) is 2.37. The highest BCUT2D eigenvalue weighted by atomic mass is 19.1. The third kappa shape index (κ3) is 3.99. The molecule has 0 unspecified atom stereocenters. The second-order valence-electron chi connectivity index (χ2n) is 4.62. The average molecular weight is 292 g/mol. The topological polar surface area (TPSA) is 101 Å². The Kier molecular flexibility index (Phi) is 4.83. The number of hydrogen-bond donors (Lipinski definition) is 3. The van der Waals surface area contributed by atoms with Crippen LogP contribution in [0.15, 0.2) is 29.7 Å². The molecule has 0 bridgehead atoms. The van der Waals surface area contributed by atoms with Gasteiger partial charge in [0.15, 0.2) is 5.84 Å². The quantitative estimate of drug-likeness (QED) is 0.235. The third-order valence-electron chi connectivity index (χ3n) is 3.02. The van der Waals surface area contributed by atoms with E-state index in [-0.39, 0.29) is 5.84 Å². The maximum absolute atomic E-state index is 13.5. The highest BCUT2D eigenvalue weighted by molar-refractivity contribution is 5.97. The van der Waals surface area contributed by atoms with Crippen LogP contribution in [-0.4, -0.2) is 32.4 Å². The molecule has 0 aliphatic heterocycles. The summed E-state index contributed by atoms with van der Waals surface area (Å²) < 4.78 is 15.3. The van der Waals surface area contributed by atoms with Crippen LogP contribution >= 0.6 is 0 Å². The van der Waals surface area contributed by atoms with Crippen LogP contribution in [0, 0.1) is 5.82 Å². The molecular formula is C13H17FN6O. The van der Waals surface area contributed by atoms with Gasteiger partial charge in [0.25, 0.3) is 0 Å². The van der Waals surface area contributed by atoms with Gasteiger partial charge >= 0.3 is 0 Å². The number of hydrogen-bond acceptors (Lipinski definition) is 5. The summed E-state index contributed by atoms with van der Waals surface area (Å²) in [6.45, 7) is 1.16. The highest BCUT2D eigenvalue weighted by Crippen LogP contribution is 2.09.